The highest BCUT2D eigenvalue weighted by molar-refractivity contribution is 5.94. The first-order valence-electron chi connectivity index (χ1n) is 11.3. The van der Waals surface area contributed by atoms with Crippen molar-refractivity contribution < 1.29 is 9.53 Å². The van der Waals surface area contributed by atoms with Crippen LogP contribution in [0.1, 0.15) is 12.8 Å². The molecule has 172 valence electrons. The first kappa shape index (κ1) is 21.6. The zero-order valence-electron chi connectivity index (χ0n) is 18.9. The van der Waals surface area contributed by atoms with Gasteiger partial charge in [-0.1, -0.05) is 31.4 Å². The Morgan fingerprint density at radius 2 is 1.82 bits per heavy atom. The summed E-state index contributed by atoms with van der Waals surface area (Å²) in [4.78, 5) is 22.7. The van der Waals surface area contributed by atoms with Crippen LogP contribution in [0.2, 0.25) is 0 Å². The quantitative estimate of drug-likeness (QED) is 0.544. The Morgan fingerprint density at radius 1 is 1.09 bits per heavy atom. The molecule has 3 heterocycles. The molecule has 2 aliphatic heterocycles. The van der Waals surface area contributed by atoms with Gasteiger partial charge < -0.3 is 20.3 Å². The van der Waals surface area contributed by atoms with Gasteiger partial charge in [-0.2, -0.15) is 0 Å². The third-order valence-electron chi connectivity index (χ3n) is 6.27. The lowest BCUT2D eigenvalue weighted by Gasteiger charge is -2.39. The molecular formula is C27H27N5O2. The van der Waals surface area contributed by atoms with Crippen LogP contribution in [0.25, 0.3) is 0 Å². The van der Waals surface area contributed by atoms with Gasteiger partial charge in [-0.05, 0) is 61.4 Å². The second-order valence-electron chi connectivity index (χ2n) is 8.38. The Bertz CT molecular complexity index is 1230. The number of hydrogen-bond donors (Lipinski definition) is 1. The molecule has 2 aromatic carbocycles. The summed E-state index contributed by atoms with van der Waals surface area (Å²) in [5, 5.41) is 0. The standard InChI is InChI=1S/C27H27N5O2/c1-3-25(33)30-17-7-8-21(18-30)31-19(2)32(26-24(31)15-16-29-27(26)28)20-11-13-23(14-12-20)34-22-9-5-4-6-10-22/h3-6,9-16,21H,1-2,7-8,17-18H2,(H2,28,29)/t21-/m1/s1. The van der Waals surface area contributed by atoms with E-state index >= 15 is 0 Å². The molecule has 3 aromatic rings. The Morgan fingerprint density at radius 3 is 2.56 bits per heavy atom. The smallest absolute Gasteiger partial charge is 0.246 e. The van der Waals surface area contributed by atoms with E-state index < -0.39 is 0 Å². The average molecular weight is 454 g/mol. The maximum absolute atomic E-state index is 12.3. The fourth-order valence-corrected chi connectivity index (χ4v) is 4.73. The molecule has 2 aliphatic rings. The van der Waals surface area contributed by atoms with Crippen LogP contribution in [0.5, 0.6) is 11.5 Å². The summed E-state index contributed by atoms with van der Waals surface area (Å²) in [5.41, 5.74) is 9.01. The largest absolute Gasteiger partial charge is 0.457 e. The van der Waals surface area contributed by atoms with E-state index in [1.165, 1.54) is 6.08 Å². The Labute approximate surface area is 199 Å². The van der Waals surface area contributed by atoms with E-state index in [2.05, 4.69) is 23.0 Å². The van der Waals surface area contributed by atoms with Crippen LogP contribution in [0.4, 0.5) is 22.9 Å². The number of pyridine rings is 1. The number of nitrogens with zero attached hydrogens (tertiary/aromatic N) is 4. The number of benzene rings is 2. The van der Waals surface area contributed by atoms with Gasteiger partial charge in [0.25, 0.3) is 0 Å². The number of rotatable bonds is 5. The van der Waals surface area contributed by atoms with Gasteiger partial charge in [-0.3, -0.25) is 9.69 Å². The van der Waals surface area contributed by atoms with Crippen molar-refractivity contribution in [2.24, 2.45) is 0 Å². The molecule has 7 nitrogen and oxygen atoms in total. The number of carbonyl (C=O) groups is 1. The molecule has 5 rings (SSSR count). The molecule has 0 unspecified atom stereocenters. The van der Waals surface area contributed by atoms with E-state index in [9.17, 15) is 4.79 Å². The lowest BCUT2D eigenvalue weighted by atomic mass is 10.0. The molecule has 34 heavy (non-hydrogen) atoms. The van der Waals surface area contributed by atoms with Gasteiger partial charge >= 0.3 is 0 Å². The highest BCUT2D eigenvalue weighted by Crippen LogP contribution is 2.49. The summed E-state index contributed by atoms with van der Waals surface area (Å²) < 4.78 is 5.94. The number of hydrogen-bond acceptors (Lipinski definition) is 6. The van der Waals surface area contributed by atoms with Gasteiger partial charge in [-0.15, -0.1) is 0 Å². The summed E-state index contributed by atoms with van der Waals surface area (Å²) in [6.45, 7) is 9.39. The molecule has 1 saturated heterocycles. The average Bonchev–Trinajstić information content (AvgIpc) is 3.17. The molecule has 1 fully saturated rings. The number of nitrogen functional groups attached to an aromatic ring is 1. The van der Waals surface area contributed by atoms with Crippen molar-refractivity contribution in [3.63, 3.8) is 0 Å². The Kier molecular flexibility index (Phi) is 5.67. The van der Waals surface area contributed by atoms with Crippen molar-refractivity contribution in [2.75, 3.05) is 28.6 Å². The van der Waals surface area contributed by atoms with Crippen molar-refractivity contribution in [3.05, 3.63) is 91.9 Å². The minimum Gasteiger partial charge on any atom is -0.457 e. The predicted molar refractivity (Wildman–Crippen MR) is 135 cm³/mol. The summed E-state index contributed by atoms with van der Waals surface area (Å²) in [6, 6.07) is 19.5. The van der Waals surface area contributed by atoms with Crippen molar-refractivity contribution in [1.82, 2.24) is 9.88 Å². The van der Waals surface area contributed by atoms with Crippen LogP contribution >= 0.6 is 0 Å². The van der Waals surface area contributed by atoms with Gasteiger partial charge in [-0.25, -0.2) is 4.98 Å². The maximum atomic E-state index is 12.3. The molecule has 1 aromatic heterocycles. The molecule has 0 radical (unpaired) electrons. The number of anilines is 4. The molecule has 0 aliphatic carbocycles. The fraction of sp³-hybridized carbons (Fsp3) is 0.185. The van der Waals surface area contributed by atoms with Gasteiger partial charge in [0.05, 0.1) is 11.7 Å². The van der Waals surface area contributed by atoms with E-state index in [0.717, 1.165) is 53.8 Å². The van der Waals surface area contributed by atoms with Crippen LogP contribution in [-0.2, 0) is 4.79 Å². The van der Waals surface area contributed by atoms with Crippen molar-refractivity contribution >= 4 is 28.8 Å². The number of para-hydroxylation sites is 1. The van der Waals surface area contributed by atoms with Crippen LogP contribution in [0.15, 0.2) is 91.9 Å². The fourth-order valence-electron chi connectivity index (χ4n) is 4.73. The van der Waals surface area contributed by atoms with Crippen LogP contribution in [0.3, 0.4) is 0 Å². The van der Waals surface area contributed by atoms with Gasteiger partial charge in [0.1, 0.15) is 28.8 Å². The normalized spacial score (nSPS) is 17.5. The van der Waals surface area contributed by atoms with Gasteiger partial charge in [0, 0.05) is 25.0 Å². The highest BCUT2D eigenvalue weighted by Gasteiger charge is 2.39. The van der Waals surface area contributed by atoms with Crippen LogP contribution in [0, 0.1) is 0 Å². The van der Waals surface area contributed by atoms with E-state index in [4.69, 9.17) is 10.5 Å². The maximum Gasteiger partial charge on any atom is 0.246 e. The predicted octanol–water partition coefficient (Wildman–Crippen LogP) is 5.06. The molecule has 0 bridgehead atoms. The Balaban J connectivity index is 1.45. The van der Waals surface area contributed by atoms with Crippen molar-refractivity contribution in [2.45, 2.75) is 18.9 Å². The molecule has 0 saturated carbocycles. The second-order valence-corrected chi connectivity index (χ2v) is 8.38. The number of ether oxygens (including phenoxy) is 1. The SMILES string of the molecule is C=CC(=O)N1CCC[C@@H](N2C(=C)N(c3ccc(Oc4ccccc4)cc3)c3c2ccnc3N)C1. The van der Waals surface area contributed by atoms with Crippen LogP contribution in [-0.4, -0.2) is 34.9 Å². The lowest BCUT2D eigenvalue weighted by molar-refractivity contribution is -0.127. The third kappa shape index (κ3) is 3.85. The third-order valence-corrected chi connectivity index (χ3v) is 6.27. The van der Waals surface area contributed by atoms with E-state index in [-0.39, 0.29) is 11.9 Å². The van der Waals surface area contributed by atoms with Crippen LogP contribution < -0.4 is 20.3 Å². The summed E-state index contributed by atoms with van der Waals surface area (Å²) in [6.07, 6.45) is 4.95. The number of piperidine rings is 1. The zero-order chi connectivity index (χ0) is 23.7. The van der Waals surface area contributed by atoms with Gasteiger partial charge in [0.15, 0.2) is 0 Å². The summed E-state index contributed by atoms with van der Waals surface area (Å²) in [7, 11) is 0. The number of carbonyl (C=O) groups excluding carboxylic acids is 1. The first-order valence-corrected chi connectivity index (χ1v) is 11.3. The van der Waals surface area contributed by atoms with Crippen molar-refractivity contribution in [3.8, 4) is 11.5 Å². The first-order chi connectivity index (χ1) is 16.6. The van der Waals surface area contributed by atoms with Gasteiger partial charge in [0.2, 0.25) is 5.91 Å². The minimum absolute atomic E-state index is 0.0464. The lowest BCUT2D eigenvalue weighted by Crippen LogP contribution is -2.49. The molecule has 2 N–H and O–H groups in total. The summed E-state index contributed by atoms with van der Waals surface area (Å²) >= 11 is 0. The van der Waals surface area contributed by atoms with E-state index in [1.807, 2.05) is 70.5 Å². The molecule has 0 spiro atoms. The van der Waals surface area contributed by atoms with E-state index in [0.29, 0.717) is 12.4 Å². The second kappa shape index (κ2) is 8.94. The number of fused-ring (bicyclic) bond motifs is 1. The minimum atomic E-state index is -0.0464. The number of amides is 1. The number of aromatic nitrogens is 1. The highest BCUT2D eigenvalue weighted by atomic mass is 16.5. The number of likely N-dealkylation sites (tertiary alicyclic amines) is 1. The Hall–Kier alpha value is -4.26. The molecule has 7 heteroatoms. The topological polar surface area (TPSA) is 74.9 Å². The zero-order valence-corrected chi connectivity index (χ0v) is 18.9. The van der Waals surface area contributed by atoms with Crippen molar-refractivity contribution in [1.29, 1.82) is 0 Å². The monoisotopic (exact) mass is 453 g/mol. The summed E-state index contributed by atoms with van der Waals surface area (Å²) in [5.74, 6) is 2.68. The number of nitrogens with two attached hydrogens (primary N) is 1. The molecule has 1 atom stereocenters. The molecular weight excluding hydrogens is 426 g/mol. The molecule has 1 amide bonds. The van der Waals surface area contributed by atoms with E-state index in [1.54, 1.807) is 6.20 Å².